The van der Waals surface area contributed by atoms with E-state index in [-0.39, 0.29) is 17.3 Å². The van der Waals surface area contributed by atoms with Crippen LogP contribution < -0.4 is 14.4 Å². The number of carbonyl (C=O) groups is 2. The Balaban J connectivity index is 2.07. The fourth-order valence-corrected chi connectivity index (χ4v) is 6.52. The highest BCUT2D eigenvalue weighted by Crippen LogP contribution is 2.31. The maximum Gasteiger partial charge on any atom is 0.264 e. The molecule has 3 aromatic rings. The molecule has 0 fully saturated rings. The molecule has 1 unspecified atom stereocenters. The second-order valence-corrected chi connectivity index (χ2v) is 14.4. The molecule has 1 N–H and O–H groups in total. The Kier molecular flexibility index (Phi) is 11.0. The molecule has 0 aliphatic rings. The van der Waals surface area contributed by atoms with Gasteiger partial charge in [0, 0.05) is 12.1 Å². The number of nitrogens with zero attached hydrogens (tertiary/aromatic N) is 2. The van der Waals surface area contributed by atoms with Gasteiger partial charge < -0.3 is 15.0 Å². The normalized spacial score (nSPS) is 12.4. The van der Waals surface area contributed by atoms with Crippen molar-refractivity contribution in [3.8, 4) is 5.75 Å². The van der Waals surface area contributed by atoms with E-state index < -0.39 is 34.1 Å². The molecule has 0 saturated heterocycles. The molecule has 2 amide bonds. The van der Waals surface area contributed by atoms with Crippen molar-refractivity contribution in [1.82, 2.24) is 10.2 Å². The first kappa shape index (κ1) is 33.7. The second-order valence-electron chi connectivity index (χ2n) is 10.8. The highest BCUT2D eigenvalue weighted by Gasteiger charge is 2.33. The van der Waals surface area contributed by atoms with Gasteiger partial charge in [-0.05, 0) is 98.6 Å². The lowest BCUT2D eigenvalue weighted by molar-refractivity contribution is -0.140. The van der Waals surface area contributed by atoms with E-state index in [1.165, 1.54) is 30.2 Å². The number of sulfonamides is 1. The fraction of sp³-hybridized carbons (Fsp3) is 0.333. The molecule has 0 aliphatic heterocycles. The molecule has 3 aromatic carbocycles. The first-order chi connectivity index (χ1) is 19.5. The summed E-state index contributed by atoms with van der Waals surface area (Å²) >= 11 is 15.7. The SMILES string of the molecule is COc1ccc(S(=O)(=O)N(CC(=O)N(Cc2ccc(Cl)c(Cl)c2)C(C)C(=O)NC(C)(C)C)c2ccc(C)cc2)cc1Br. The van der Waals surface area contributed by atoms with Crippen molar-refractivity contribution in [3.05, 3.63) is 86.3 Å². The Bertz CT molecular complexity index is 1560. The number of methoxy groups -OCH3 is 1. The Labute approximate surface area is 266 Å². The Morgan fingerprint density at radius 1 is 1.00 bits per heavy atom. The smallest absolute Gasteiger partial charge is 0.264 e. The predicted molar refractivity (Wildman–Crippen MR) is 171 cm³/mol. The standard InChI is InChI=1S/C30H34BrCl2N3O5S/c1-19-7-10-22(11-8-19)36(42(39,40)23-12-14-27(41-6)24(31)16-23)18-28(37)35(20(2)29(38)34-30(3,4)5)17-21-9-13-25(32)26(33)15-21/h7-16,20H,17-18H2,1-6H3,(H,34,38). The van der Waals surface area contributed by atoms with Crippen LogP contribution in [-0.2, 0) is 26.2 Å². The lowest BCUT2D eigenvalue weighted by Crippen LogP contribution is -2.54. The molecular weight excluding hydrogens is 665 g/mol. The van der Waals surface area contributed by atoms with Gasteiger partial charge in [0.2, 0.25) is 11.8 Å². The van der Waals surface area contributed by atoms with Crippen molar-refractivity contribution in [3.63, 3.8) is 0 Å². The van der Waals surface area contributed by atoms with Gasteiger partial charge in [0.25, 0.3) is 10.0 Å². The summed E-state index contributed by atoms with van der Waals surface area (Å²) in [6.07, 6.45) is 0. The predicted octanol–water partition coefficient (Wildman–Crippen LogP) is 6.60. The lowest BCUT2D eigenvalue weighted by atomic mass is 10.1. The molecule has 1 atom stereocenters. The number of ether oxygens (including phenoxy) is 1. The van der Waals surface area contributed by atoms with E-state index in [2.05, 4.69) is 21.2 Å². The third-order valence-electron chi connectivity index (χ3n) is 6.31. The van der Waals surface area contributed by atoms with E-state index in [0.717, 1.165) is 9.87 Å². The number of carbonyl (C=O) groups excluding carboxylic acids is 2. The fourth-order valence-electron chi connectivity index (χ4n) is 4.07. The van der Waals surface area contributed by atoms with Crippen molar-refractivity contribution < 1.29 is 22.7 Å². The van der Waals surface area contributed by atoms with Crippen molar-refractivity contribution in [2.24, 2.45) is 0 Å². The number of aryl methyl sites for hydroxylation is 1. The van der Waals surface area contributed by atoms with Gasteiger partial charge in [-0.1, -0.05) is 47.0 Å². The van der Waals surface area contributed by atoms with Crippen LogP contribution in [0.25, 0.3) is 0 Å². The van der Waals surface area contributed by atoms with Gasteiger partial charge in [-0.15, -0.1) is 0 Å². The third-order valence-corrected chi connectivity index (χ3v) is 9.44. The molecule has 12 heteroatoms. The van der Waals surface area contributed by atoms with Gasteiger partial charge in [0.1, 0.15) is 18.3 Å². The molecular formula is C30H34BrCl2N3O5S. The van der Waals surface area contributed by atoms with Crippen molar-refractivity contribution >= 4 is 66.7 Å². The topological polar surface area (TPSA) is 96.0 Å². The van der Waals surface area contributed by atoms with Crippen LogP contribution in [0.2, 0.25) is 10.0 Å². The minimum absolute atomic E-state index is 0.00960. The third kappa shape index (κ3) is 8.40. The zero-order valence-electron chi connectivity index (χ0n) is 24.2. The molecule has 0 spiro atoms. The quantitative estimate of drug-likeness (QED) is 0.258. The summed E-state index contributed by atoms with van der Waals surface area (Å²) in [5, 5.41) is 3.54. The van der Waals surface area contributed by atoms with E-state index >= 15 is 0 Å². The van der Waals surface area contributed by atoms with Crippen molar-refractivity contribution in [1.29, 1.82) is 0 Å². The maximum absolute atomic E-state index is 14.1. The number of hydrogen-bond donors (Lipinski definition) is 1. The summed E-state index contributed by atoms with van der Waals surface area (Å²) in [6.45, 7) is 8.41. The monoisotopic (exact) mass is 697 g/mol. The van der Waals surface area contributed by atoms with E-state index in [1.54, 1.807) is 49.4 Å². The Hall–Kier alpha value is -2.79. The first-order valence-corrected chi connectivity index (χ1v) is 16.0. The van der Waals surface area contributed by atoms with E-state index in [1.807, 2.05) is 27.7 Å². The van der Waals surface area contributed by atoms with Gasteiger partial charge in [-0.25, -0.2) is 8.42 Å². The number of amides is 2. The highest BCUT2D eigenvalue weighted by molar-refractivity contribution is 9.10. The van der Waals surface area contributed by atoms with Crippen molar-refractivity contribution in [2.45, 2.75) is 57.6 Å². The van der Waals surface area contributed by atoms with Gasteiger partial charge in [0.05, 0.1) is 32.2 Å². The molecule has 0 aliphatic carbocycles. The molecule has 3 rings (SSSR count). The summed E-state index contributed by atoms with van der Waals surface area (Å²) in [6, 6.07) is 15.1. The molecule has 42 heavy (non-hydrogen) atoms. The maximum atomic E-state index is 14.1. The Morgan fingerprint density at radius 2 is 1.64 bits per heavy atom. The van der Waals surface area contributed by atoms with Gasteiger partial charge in [0.15, 0.2) is 0 Å². The summed E-state index contributed by atoms with van der Waals surface area (Å²) in [7, 11) is -2.76. The van der Waals surface area contributed by atoms with Gasteiger partial charge >= 0.3 is 0 Å². The van der Waals surface area contributed by atoms with Gasteiger partial charge in [-0.2, -0.15) is 0 Å². The van der Waals surface area contributed by atoms with Crippen LogP contribution >= 0.6 is 39.1 Å². The van der Waals surface area contributed by atoms with Crippen LogP contribution in [0.15, 0.2) is 70.0 Å². The van der Waals surface area contributed by atoms with Gasteiger partial charge in [-0.3, -0.25) is 13.9 Å². The van der Waals surface area contributed by atoms with Crippen molar-refractivity contribution in [2.75, 3.05) is 18.0 Å². The minimum Gasteiger partial charge on any atom is -0.496 e. The van der Waals surface area contributed by atoms with Crippen LogP contribution in [0.1, 0.15) is 38.8 Å². The molecule has 226 valence electrons. The zero-order valence-corrected chi connectivity index (χ0v) is 28.2. The summed E-state index contributed by atoms with van der Waals surface area (Å²) in [4.78, 5) is 28.6. The number of hydrogen-bond acceptors (Lipinski definition) is 5. The molecule has 8 nitrogen and oxygen atoms in total. The first-order valence-electron chi connectivity index (χ1n) is 13.0. The van der Waals surface area contributed by atoms with Crippen LogP contribution in [-0.4, -0.2) is 50.4 Å². The summed E-state index contributed by atoms with van der Waals surface area (Å²) in [5.41, 5.74) is 1.28. The highest BCUT2D eigenvalue weighted by atomic mass is 79.9. The molecule has 0 bridgehead atoms. The zero-order chi connectivity index (χ0) is 31.4. The lowest BCUT2D eigenvalue weighted by Gasteiger charge is -2.33. The average Bonchev–Trinajstić information content (AvgIpc) is 2.91. The van der Waals surface area contributed by atoms with Crippen LogP contribution in [0, 0.1) is 6.92 Å². The van der Waals surface area contributed by atoms with E-state index in [4.69, 9.17) is 27.9 Å². The van der Waals surface area contributed by atoms with Crippen LogP contribution in [0.3, 0.4) is 0 Å². The number of nitrogens with one attached hydrogen (secondary N) is 1. The van der Waals surface area contributed by atoms with E-state index in [9.17, 15) is 18.0 Å². The second kappa shape index (κ2) is 13.7. The van der Waals surface area contributed by atoms with E-state index in [0.29, 0.717) is 31.5 Å². The number of rotatable bonds is 10. The number of anilines is 1. The average molecular weight is 699 g/mol. The Morgan fingerprint density at radius 3 is 2.19 bits per heavy atom. The number of halogens is 3. The molecule has 0 saturated carbocycles. The number of benzene rings is 3. The molecule has 0 radical (unpaired) electrons. The van der Waals surface area contributed by atoms with Crippen LogP contribution in [0.4, 0.5) is 5.69 Å². The van der Waals surface area contributed by atoms with Crippen LogP contribution in [0.5, 0.6) is 5.75 Å². The summed E-state index contributed by atoms with van der Waals surface area (Å²) < 4.78 is 34.8. The molecule has 0 heterocycles. The minimum atomic E-state index is -4.24. The molecule has 0 aromatic heterocycles. The largest absolute Gasteiger partial charge is 0.496 e. The summed E-state index contributed by atoms with van der Waals surface area (Å²) in [5.74, 6) is -0.521.